The van der Waals surface area contributed by atoms with Crippen LogP contribution >= 0.6 is 0 Å². The molecule has 1 aromatic rings. The maximum absolute atomic E-state index is 10.1. The molecule has 3 N–H and O–H groups in total. The minimum absolute atomic E-state index is 0.105. The van der Waals surface area contributed by atoms with E-state index in [1.807, 2.05) is 6.20 Å². The highest BCUT2D eigenvalue weighted by Gasteiger charge is 2.30. The van der Waals surface area contributed by atoms with Crippen molar-refractivity contribution in [2.45, 2.75) is 44.4 Å². The first-order valence-corrected chi connectivity index (χ1v) is 6.27. The highest BCUT2D eigenvalue weighted by atomic mass is 16.3. The van der Waals surface area contributed by atoms with Crippen molar-refractivity contribution in [2.75, 3.05) is 13.2 Å². The van der Waals surface area contributed by atoms with Crippen molar-refractivity contribution in [2.24, 2.45) is 0 Å². The molecule has 0 unspecified atom stereocenters. The normalized spacial score (nSPS) is 18.7. The van der Waals surface area contributed by atoms with Crippen LogP contribution in [0.25, 0.3) is 0 Å². The Hall–Kier alpha value is -0.910. The first kappa shape index (κ1) is 12.5. The van der Waals surface area contributed by atoms with Gasteiger partial charge in [0.25, 0.3) is 0 Å². The minimum atomic E-state index is -0.499. The Morgan fingerprint density at radius 2 is 2.18 bits per heavy atom. The van der Waals surface area contributed by atoms with E-state index in [-0.39, 0.29) is 6.61 Å². The van der Waals surface area contributed by atoms with Crippen LogP contribution in [0.3, 0.4) is 0 Å². The maximum atomic E-state index is 10.1. The van der Waals surface area contributed by atoms with Crippen molar-refractivity contribution >= 4 is 0 Å². The number of rotatable bonds is 6. The molecule has 1 aromatic heterocycles. The molecule has 0 amide bonds. The van der Waals surface area contributed by atoms with Crippen molar-refractivity contribution in [1.82, 2.24) is 15.1 Å². The van der Waals surface area contributed by atoms with Crippen LogP contribution in [0.4, 0.5) is 0 Å². The van der Waals surface area contributed by atoms with Gasteiger partial charge in [0.05, 0.1) is 24.9 Å². The van der Waals surface area contributed by atoms with Gasteiger partial charge in [0, 0.05) is 24.8 Å². The number of hydrogen-bond acceptors (Lipinski definition) is 4. The van der Waals surface area contributed by atoms with Gasteiger partial charge in [-0.25, -0.2) is 0 Å². The van der Waals surface area contributed by atoms with E-state index in [0.717, 1.165) is 31.2 Å². The molecule has 5 nitrogen and oxygen atoms in total. The van der Waals surface area contributed by atoms with Crippen molar-refractivity contribution in [1.29, 1.82) is 0 Å². The highest BCUT2D eigenvalue weighted by Crippen LogP contribution is 2.28. The summed E-state index contributed by atoms with van der Waals surface area (Å²) in [7, 11) is 0. The lowest BCUT2D eigenvalue weighted by Gasteiger charge is -2.22. The molecule has 0 atom stereocenters. The van der Waals surface area contributed by atoms with Gasteiger partial charge in [-0.05, 0) is 12.8 Å². The Labute approximate surface area is 101 Å². The molecular weight excluding hydrogens is 218 g/mol. The van der Waals surface area contributed by atoms with Crippen molar-refractivity contribution in [3.8, 4) is 0 Å². The summed E-state index contributed by atoms with van der Waals surface area (Å²) in [6.45, 7) is 2.00. The number of aliphatic hydroxyl groups excluding tert-OH is 1. The van der Waals surface area contributed by atoms with Crippen LogP contribution in [0, 0.1) is 0 Å². The number of aliphatic hydroxyl groups is 2. The largest absolute Gasteiger partial charge is 0.394 e. The molecule has 0 aromatic carbocycles. The van der Waals surface area contributed by atoms with Crippen LogP contribution in [0.1, 0.15) is 31.2 Å². The molecule has 0 saturated heterocycles. The van der Waals surface area contributed by atoms with Crippen LogP contribution < -0.4 is 5.32 Å². The summed E-state index contributed by atoms with van der Waals surface area (Å²) in [5.41, 5.74) is 0.584. The predicted molar refractivity (Wildman–Crippen MR) is 64.4 cm³/mol. The van der Waals surface area contributed by atoms with E-state index in [0.29, 0.717) is 19.6 Å². The molecule has 1 heterocycles. The Balaban J connectivity index is 1.73. The molecule has 17 heavy (non-hydrogen) atoms. The van der Waals surface area contributed by atoms with Gasteiger partial charge in [-0.3, -0.25) is 4.68 Å². The molecule has 0 spiro atoms. The lowest BCUT2D eigenvalue weighted by atomic mass is 10.0. The quantitative estimate of drug-likeness (QED) is 0.666. The van der Waals surface area contributed by atoms with Gasteiger partial charge >= 0.3 is 0 Å². The molecule has 0 aliphatic heterocycles. The van der Waals surface area contributed by atoms with Gasteiger partial charge in [0.1, 0.15) is 0 Å². The zero-order chi connectivity index (χ0) is 12.1. The van der Waals surface area contributed by atoms with Crippen LogP contribution in [0.15, 0.2) is 12.4 Å². The van der Waals surface area contributed by atoms with E-state index in [1.54, 1.807) is 10.9 Å². The third-order valence-corrected chi connectivity index (χ3v) is 3.33. The molecule has 96 valence electrons. The fraction of sp³-hybridized carbons (Fsp3) is 0.750. The molecule has 2 rings (SSSR count). The average molecular weight is 239 g/mol. The Kier molecular flexibility index (Phi) is 4.15. The molecule has 5 heteroatoms. The minimum Gasteiger partial charge on any atom is -0.394 e. The Morgan fingerprint density at radius 1 is 1.41 bits per heavy atom. The third kappa shape index (κ3) is 3.52. The van der Waals surface area contributed by atoms with Crippen molar-refractivity contribution in [3.63, 3.8) is 0 Å². The van der Waals surface area contributed by atoms with Crippen molar-refractivity contribution < 1.29 is 10.2 Å². The van der Waals surface area contributed by atoms with Gasteiger partial charge in [0.15, 0.2) is 0 Å². The maximum Gasteiger partial charge on any atom is 0.0771 e. The van der Waals surface area contributed by atoms with Crippen LogP contribution in [0.5, 0.6) is 0 Å². The summed E-state index contributed by atoms with van der Waals surface area (Å²) in [6, 6.07) is 0. The van der Waals surface area contributed by atoms with Gasteiger partial charge < -0.3 is 15.5 Å². The highest BCUT2D eigenvalue weighted by molar-refractivity contribution is 5.03. The van der Waals surface area contributed by atoms with Crippen molar-refractivity contribution in [3.05, 3.63) is 18.0 Å². The zero-order valence-electron chi connectivity index (χ0n) is 10.1. The van der Waals surface area contributed by atoms with E-state index < -0.39 is 5.60 Å². The third-order valence-electron chi connectivity index (χ3n) is 3.33. The van der Waals surface area contributed by atoms with E-state index in [4.69, 9.17) is 5.11 Å². The monoisotopic (exact) mass is 239 g/mol. The lowest BCUT2D eigenvalue weighted by molar-refractivity contribution is 0.0475. The number of aromatic nitrogens is 2. The summed E-state index contributed by atoms with van der Waals surface area (Å²) < 4.78 is 1.72. The summed E-state index contributed by atoms with van der Waals surface area (Å²) in [6.07, 6.45) is 7.79. The average Bonchev–Trinajstić information content (AvgIpc) is 2.90. The first-order chi connectivity index (χ1) is 8.22. The van der Waals surface area contributed by atoms with Crippen LogP contribution in [-0.2, 0) is 13.1 Å². The fourth-order valence-electron chi connectivity index (χ4n) is 2.37. The number of hydrogen-bond donors (Lipinski definition) is 3. The van der Waals surface area contributed by atoms with Gasteiger partial charge in [-0.15, -0.1) is 0 Å². The summed E-state index contributed by atoms with van der Waals surface area (Å²) in [5, 5.41) is 26.3. The molecule has 0 radical (unpaired) electrons. The Morgan fingerprint density at radius 3 is 2.88 bits per heavy atom. The molecule has 1 fully saturated rings. The SMILES string of the molecule is OCCn1cc(CNCC2(O)CCCC2)cn1. The summed E-state index contributed by atoms with van der Waals surface area (Å²) in [5.74, 6) is 0. The molecule has 1 saturated carbocycles. The van der Waals surface area contributed by atoms with E-state index in [1.165, 1.54) is 0 Å². The van der Waals surface area contributed by atoms with Gasteiger partial charge in [-0.2, -0.15) is 5.10 Å². The second-order valence-corrected chi connectivity index (χ2v) is 4.87. The fourth-order valence-corrected chi connectivity index (χ4v) is 2.37. The second kappa shape index (κ2) is 5.62. The summed E-state index contributed by atoms with van der Waals surface area (Å²) >= 11 is 0. The van der Waals surface area contributed by atoms with E-state index in [9.17, 15) is 5.11 Å². The van der Waals surface area contributed by atoms with E-state index in [2.05, 4.69) is 10.4 Å². The smallest absolute Gasteiger partial charge is 0.0771 e. The molecule has 1 aliphatic carbocycles. The second-order valence-electron chi connectivity index (χ2n) is 4.87. The van der Waals surface area contributed by atoms with Crippen LogP contribution in [0.2, 0.25) is 0 Å². The first-order valence-electron chi connectivity index (χ1n) is 6.27. The Bertz CT molecular complexity index is 345. The number of nitrogens with one attached hydrogen (secondary N) is 1. The van der Waals surface area contributed by atoms with Gasteiger partial charge in [-0.1, -0.05) is 12.8 Å². The standard InChI is InChI=1S/C12H21N3O2/c16-6-5-15-9-11(8-14-15)7-13-10-12(17)3-1-2-4-12/h8-9,13,16-17H,1-7,10H2. The van der Waals surface area contributed by atoms with E-state index >= 15 is 0 Å². The number of nitrogens with zero attached hydrogens (tertiary/aromatic N) is 2. The molecule has 1 aliphatic rings. The van der Waals surface area contributed by atoms with Crippen LogP contribution in [-0.4, -0.2) is 38.7 Å². The lowest BCUT2D eigenvalue weighted by Crippen LogP contribution is -2.37. The molecular formula is C12H21N3O2. The summed E-state index contributed by atoms with van der Waals surface area (Å²) in [4.78, 5) is 0. The molecule has 0 bridgehead atoms. The topological polar surface area (TPSA) is 70.3 Å². The van der Waals surface area contributed by atoms with Gasteiger partial charge in [0.2, 0.25) is 0 Å². The zero-order valence-corrected chi connectivity index (χ0v) is 10.1. The predicted octanol–water partition coefficient (Wildman–Crippen LogP) is 0.270.